The van der Waals surface area contributed by atoms with Crippen LogP contribution in [0.1, 0.15) is 42.1 Å². The number of aromatic nitrogens is 2. The van der Waals surface area contributed by atoms with E-state index in [2.05, 4.69) is 38.8 Å². The Labute approximate surface area is 181 Å². The quantitative estimate of drug-likeness (QED) is 0.524. The number of likely N-dealkylation sites (tertiary alicyclic amines) is 1. The van der Waals surface area contributed by atoms with Gasteiger partial charge in [-0.25, -0.2) is 9.97 Å². The van der Waals surface area contributed by atoms with Crippen LogP contribution in [0.3, 0.4) is 0 Å². The van der Waals surface area contributed by atoms with Crippen molar-refractivity contribution in [3.05, 3.63) is 70.9 Å². The summed E-state index contributed by atoms with van der Waals surface area (Å²) in [6.45, 7) is 3.35. The van der Waals surface area contributed by atoms with E-state index in [0.717, 1.165) is 30.3 Å². The van der Waals surface area contributed by atoms with Gasteiger partial charge in [-0.05, 0) is 37.1 Å². The van der Waals surface area contributed by atoms with Crippen molar-refractivity contribution in [2.24, 2.45) is 0 Å². The molecule has 0 aliphatic carbocycles. The van der Waals surface area contributed by atoms with Crippen LogP contribution < -0.4 is 5.32 Å². The highest BCUT2D eigenvalue weighted by Crippen LogP contribution is 2.33. The van der Waals surface area contributed by atoms with E-state index in [0.29, 0.717) is 30.6 Å². The number of thiazole rings is 1. The van der Waals surface area contributed by atoms with Crippen molar-refractivity contribution in [1.29, 1.82) is 5.26 Å². The van der Waals surface area contributed by atoms with Crippen molar-refractivity contribution >= 4 is 22.3 Å². The van der Waals surface area contributed by atoms with E-state index in [9.17, 15) is 0 Å². The number of piperidine rings is 1. The second kappa shape index (κ2) is 10.3. The summed E-state index contributed by atoms with van der Waals surface area (Å²) in [5.74, 6) is 0.643. The smallest absolute Gasteiger partial charge is 0.188 e. The lowest BCUT2D eigenvalue weighted by Crippen LogP contribution is -2.36. The Morgan fingerprint density at radius 1 is 1.23 bits per heavy atom. The minimum Gasteiger partial charge on any atom is -0.375 e. The second-order valence-corrected chi connectivity index (χ2v) is 8.19. The monoisotopic (exact) mass is 419 g/mol. The van der Waals surface area contributed by atoms with Gasteiger partial charge in [0.15, 0.2) is 5.13 Å². The summed E-state index contributed by atoms with van der Waals surface area (Å²) >= 11 is 1.58. The lowest BCUT2D eigenvalue weighted by molar-refractivity contribution is 0.0629. The minimum atomic E-state index is 0.323. The first-order valence-corrected chi connectivity index (χ1v) is 11.1. The van der Waals surface area contributed by atoms with Crippen LogP contribution in [0.25, 0.3) is 0 Å². The molecule has 4 rings (SSSR count). The largest absolute Gasteiger partial charge is 0.375 e. The molecule has 1 aliphatic rings. The zero-order chi connectivity index (χ0) is 20.6. The Balaban J connectivity index is 1.34. The summed E-state index contributed by atoms with van der Waals surface area (Å²) in [5, 5.41) is 15.2. The highest BCUT2D eigenvalue weighted by Gasteiger charge is 2.25. The molecule has 1 atom stereocenters. The first kappa shape index (κ1) is 20.5. The molecule has 0 saturated carbocycles. The minimum absolute atomic E-state index is 0.323. The Morgan fingerprint density at radius 2 is 2.13 bits per heavy atom. The van der Waals surface area contributed by atoms with Crippen LogP contribution in [0.2, 0.25) is 0 Å². The van der Waals surface area contributed by atoms with Crippen molar-refractivity contribution in [1.82, 2.24) is 14.9 Å². The molecule has 30 heavy (non-hydrogen) atoms. The molecular formula is C23H25N5OS. The molecule has 1 N–H and O–H groups in total. The van der Waals surface area contributed by atoms with Crippen molar-refractivity contribution in [3.8, 4) is 6.07 Å². The van der Waals surface area contributed by atoms with Crippen LogP contribution in [0.15, 0.2) is 54.0 Å². The van der Waals surface area contributed by atoms with Crippen LogP contribution in [-0.4, -0.2) is 34.6 Å². The molecule has 2 aromatic heterocycles. The summed E-state index contributed by atoms with van der Waals surface area (Å²) in [6, 6.07) is 16.2. The fraction of sp³-hybridized carbons (Fsp3) is 0.348. The fourth-order valence-electron chi connectivity index (χ4n) is 3.71. The van der Waals surface area contributed by atoms with Crippen molar-refractivity contribution in [2.45, 2.75) is 31.9 Å². The molecule has 154 valence electrons. The average molecular weight is 420 g/mol. The predicted molar refractivity (Wildman–Crippen MR) is 119 cm³/mol. The number of nitriles is 1. The molecule has 1 saturated heterocycles. The number of rotatable bonds is 8. The number of pyridine rings is 1. The first-order valence-electron chi connectivity index (χ1n) is 10.3. The Bertz CT molecular complexity index is 985. The van der Waals surface area contributed by atoms with Gasteiger partial charge in [-0.15, -0.1) is 11.3 Å². The molecule has 0 radical (unpaired) electrons. The maximum atomic E-state index is 9.05. The number of anilines is 2. The van der Waals surface area contributed by atoms with Crippen LogP contribution in [0.4, 0.5) is 10.9 Å². The molecule has 1 fully saturated rings. The number of benzene rings is 1. The van der Waals surface area contributed by atoms with E-state index in [4.69, 9.17) is 15.0 Å². The van der Waals surface area contributed by atoms with Gasteiger partial charge >= 0.3 is 0 Å². The van der Waals surface area contributed by atoms with Gasteiger partial charge in [0, 0.05) is 18.1 Å². The second-order valence-electron chi connectivity index (χ2n) is 7.33. The van der Waals surface area contributed by atoms with Gasteiger partial charge in [0.1, 0.15) is 5.82 Å². The number of hydrogen-bond donors (Lipinski definition) is 1. The van der Waals surface area contributed by atoms with E-state index in [1.165, 1.54) is 18.4 Å². The lowest BCUT2D eigenvalue weighted by Gasteiger charge is -2.34. The van der Waals surface area contributed by atoms with Crippen LogP contribution >= 0.6 is 11.3 Å². The Kier molecular flexibility index (Phi) is 7.03. The number of hydrogen-bond acceptors (Lipinski definition) is 7. The topological polar surface area (TPSA) is 74.1 Å². The zero-order valence-corrected chi connectivity index (χ0v) is 17.6. The molecule has 6 nitrogen and oxygen atoms in total. The number of nitrogens with one attached hydrogen (secondary N) is 1. The van der Waals surface area contributed by atoms with Crippen LogP contribution in [-0.2, 0) is 11.3 Å². The summed E-state index contributed by atoms with van der Waals surface area (Å²) in [7, 11) is 0. The molecule has 3 aromatic rings. The van der Waals surface area contributed by atoms with E-state index in [1.807, 2.05) is 18.2 Å². The van der Waals surface area contributed by atoms with Crippen molar-refractivity contribution < 1.29 is 4.74 Å². The van der Waals surface area contributed by atoms with Crippen LogP contribution in [0, 0.1) is 11.3 Å². The molecule has 7 heteroatoms. The SMILES string of the molecule is N#Cc1ccnc(Nc2nc([C@H]3CCCCN3CCOCc3ccccc3)cs2)c1. The third-order valence-electron chi connectivity index (χ3n) is 5.24. The molecule has 0 bridgehead atoms. The fourth-order valence-corrected chi connectivity index (χ4v) is 4.48. The number of ether oxygens (including phenoxy) is 1. The lowest BCUT2D eigenvalue weighted by atomic mass is 10.00. The molecule has 0 spiro atoms. The van der Waals surface area contributed by atoms with E-state index >= 15 is 0 Å². The van der Waals surface area contributed by atoms with Crippen molar-refractivity contribution in [2.75, 3.05) is 25.0 Å². The Hall–Kier alpha value is -2.79. The standard InChI is InChI=1S/C23H25N5OS/c24-15-19-9-10-25-22(14-19)27-23-26-20(17-30-23)21-8-4-5-11-28(21)12-13-29-16-18-6-2-1-3-7-18/h1-3,6-7,9-10,14,17,21H,4-5,8,11-13,16H2,(H,25,26,27)/t21-/m1/s1. The van der Waals surface area contributed by atoms with Crippen molar-refractivity contribution in [3.63, 3.8) is 0 Å². The summed E-state index contributed by atoms with van der Waals surface area (Å²) in [5.41, 5.74) is 2.89. The molecule has 1 aliphatic heterocycles. The van der Waals surface area contributed by atoms with Gasteiger partial charge in [0.05, 0.1) is 36.6 Å². The van der Waals surface area contributed by atoms with Gasteiger partial charge in [0.25, 0.3) is 0 Å². The van der Waals surface area contributed by atoms with Gasteiger partial charge in [-0.2, -0.15) is 5.26 Å². The molecule has 3 heterocycles. The molecule has 0 unspecified atom stereocenters. The average Bonchev–Trinajstić information content (AvgIpc) is 3.26. The third kappa shape index (κ3) is 5.42. The summed E-state index contributed by atoms with van der Waals surface area (Å²) < 4.78 is 5.91. The van der Waals surface area contributed by atoms with Gasteiger partial charge in [0.2, 0.25) is 0 Å². The third-order valence-corrected chi connectivity index (χ3v) is 6.01. The first-order chi connectivity index (χ1) is 14.8. The molecule has 0 amide bonds. The normalized spacial score (nSPS) is 16.8. The zero-order valence-electron chi connectivity index (χ0n) is 16.8. The maximum Gasteiger partial charge on any atom is 0.188 e. The molecule has 1 aromatic carbocycles. The van der Waals surface area contributed by atoms with E-state index in [-0.39, 0.29) is 0 Å². The Morgan fingerprint density at radius 3 is 3.00 bits per heavy atom. The van der Waals surface area contributed by atoms with E-state index in [1.54, 1.807) is 29.7 Å². The maximum absolute atomic E-state index is 9.05. The summed E-state index contributed by atoms with van der Waals surface area (Å²) in [6.07, 6.45) is 5.19. The van der Waals surface area contributed by atoms with E-state index < -0.39 is 0 Å². The number of nitrogens with zero attached hydrogens (tertiary/aromatic N) is 4. The highest BCUT2D eigenvalue weighted by atomic mass is 32.1. The predicted octanol–water partition coefficient (Wildman–Crippen LogP) is 4.90. The van der Waals surface area contributed by atoms with Gasteiger partial charge in [-0.3, -0.25) is 4.90 Å². The van der Waals surface area contributed by atoms with Crippen LogP contribution in [0.5, 0.6) is 0 Å². The highest BCUT2D eigenvalue weighted by molar-refractivity contribution is 7.13. The van der Waals surface area contributed by atoms with Gasteiger partial charge in [-0.1, -0.05) is 36.8 Å². The summed E-state index contributed by atoms with van der Waals surface area (Å²) in [4.78, 5) is 11.6. The van der Waals surface area contributed by atoms with Gasteiger partial charge < -0.3 is 10.1 Å². The molecular weight excluding hydrogens is 394 g/mol.